The van der Waals surface area contributed by atoms with Crippen LogP contribution in [-0.4, -0.2) is 47.6 Å². The van der Waals surface area contributed by atoms with Gasteiger partial charge in [0.2, 0.25) is 0 Å². The van der Waals surface area contributed by atoms with Crippen molar-refractivity contribution in [1.82, 2.24) is 9.29 Å². The molecule has 1 aliphatic heterocycles. The quantitative estimate of drug-likeness (QED) is 0.788. The lowest BCUT2D eigenvalue weighted by atomic mass is 9.97. The minimum atomic E-state index is -3.97. The Hall–Kier alpha value is -2.25. The average molecular weight is 426 g/mol. The third-order valence-electron chi connectivity index (χ3n) is 4.67. The fourth-order valence-electron chi connectivity index (χ4n) is 2.97. The molecular formula is C18H17ClFN3O4S. The van der Waals surface area contributed by atoms with E-state index in [2.05, 4.69) is 4.98 Å². The summed E-state index contributed by atoms with van der Waals surface area (Å²) in [5.41, 5.74) is -1.60. The zero-order chi connectivity index (χ0) is 20.5. The number of halogens is 2. The molecule has 148 valence electrons. The Labute approximate surface area is 167 Å². The number of β-amino-alcohol motifs (C(OH)–C–C–N with tert-alkyl or cyclic N) is 1. The number of ether oxygens (including phenoxy) is 1. The normalized spacial score (nSPS) is 22.8. The van der Waals surface area contributed by atoms with Crippen molar-refractivity contribution in [2.24, 2.45) is 0 Å². The highest BCUT2D eigenvalue weighted by atomic mass is 35.5. The number of nitrogens with zero attached hydrogens (tertiary/aromatic N) is 3. The van der Waals surface area contributed by atoms with Crippen LogP contribution in [0.5, 0.6) is 5.75 Å². The molecule has 1 aromatic carbocycles. The molecule has 0 unspecified atom stereocenters. The maximum absolute atomic E-state index is 13.8. The second-order valence-corrected chi connectivity index (χ2v) is 8.75. The van der Waals surface area contributed by atoms with Gasteiger partial charge in [-0.1, -0.05) is 18.5 Å². The summed E-state index contributed by atoms with van der Waals surface area (Å²) < 4.78 is 46.3. The Balaban J connectivity index is 1.86. The number of pyridine rings is 1. The monoisotopic (exact) mass is 425 g/mol. The summed E-state index contributed by atoms with van der Waals surface area (Å²) in [6.07, 6.45) is 0.521. The average Bonchev–Trinajstić information content (AvgIpc) is 3.00. The molecule has 0 spiro atoms. The van der Waals surface area contributed by atoms with Crippen LogP contribution in [0.1, 0.15) is 18.9 Å². The molecule has 1 N–H and O–H groups in total. The number of benzene rings is 1. The molecule has 1 fully saturated rings. The first-order valence-electron chi connectivity index (χ1n) is 8.40. The number of nitriles is 1. The van der Waals surface area contributed by atoms with E-state index in [4.69, 9.17) is 21.6 Å². The number of rotatable bonds is 5. The van der Waals surface area contributed by atoms with E-state index in [1.807, 2.05) is 0 Å². The van der Waals surface area contributed by atoms with E-state index in [1.54, 1.807) is 13.0 Å². The summed E-state index contributed by atoms with van der Waals surface area (Å²) in [7, 11) is -3.97. The molecule has 0 bridgehead atoms. The summed E-state index contributed by atoms with van der Waals surface area (Å²) in [5.74, 6) is -0.662. The molecule has 2 aromatic rings. The zero-order valence-electron chi connectivity index (χ0n) is 14.8. The summed E-state index contributed by atoms with van der Waals surface area (Å²) >= 11 is 5.76. The maximum atomic E-state index is 13.8. The van der Waals surface area contributed by atoms with Crippen LogP contribution in [0.3, 0.4) is 0 Å². The van der Waals surface area contributed by atoms with Gasteiger partial charge in [0.1, 0.15) is 29.3 Å². The lowest BCUT2D eigenvalue weighted by Gasteiger charge is -2.28. The smallest absolute Gasteiger partial charge is 0.260 e. The Morgan fingerprint density at radius 3 is 2.79 bits per heavy atom. The van der Waals surface area contributed by atoms with E-state index in [1.165, 1.54) is 30.5 Å². The van der Waals surface area contributed by atoms with Crippen LogP contribution in [0.25, 0.3) is 0 Å². The van der Waals surface area contributed by atoms with E-state index in [-0.39, 0.29) is 35.8 Å². The molecule has 1 aromatic heterocycles. The number of hydrogen-bond acceptors (Lipinski definition) is 6. The summed E-state index contributed by atoms with van der Waals surface area (Å²) in [4.78, 5) is 3.84. The highest BCUT2D eigenvalue weighted by Gasteiger charge is 2.50. The maximum Gasteiger partial charge on any atom is 0.260 e. The van der Waals surface area contributed by atoms with Crippen LogP contribution in [-0.2, 0) is 10.0 Å². The van der Waals surface area contributed by atoms with Crippen molar-refractivity contribution in [3.63, 3.8) is 0 Å². The van der Waals surface area contributed by atoms with E-state index in [0.29, 0.717) is 5.02 Å². The second kappa shape index (κ2) is 7.64. The first kappa shape index (κ1) is 20.5. The lowest BCUT2D eigenvalue weighted by Crippen LogP contribution is -2.44. The van der Waals surface area contributed by atoms with Crippen molar-refractivity contribution >= 4 is 21.6 Å². The number of sulfonamides is 1. The fourth-order valence-corrected chi connectivity index (χ4v) is 4.49. The van der Waals surface area contributed by atoms with Crippen molar-refractivity contribution in [3.05, 3.63) is 52.9 Å². The molecule has 1 saturated heterocycles. The first-order valence-corrected chi connectivity index (χ1v) is 10.2. The Morgan fingerprint density at radius 2 is 2.21 bits per heavy atom. The summed E-state index contributed by atoms with van der Waals surface area (Å²) in [5, 5.41) is 19.8. The molecule has 0 amide bonds. The molecule has 3 rings (SSSR count). The highest BCUT2D eigenvalue weighted by Crippen LogP contribution is 2.33. The van der Waals surface area contributed by atoms with Gasteiger partial charge in [0.05, 0.1) is 17.1 Å². The fraction of sp³-hybridized carbons (Fsp3) is 0.333. The van der Waals surface area contributed by atoms with Gasteiger partial charge in [-0.05, 0) is 30.7 Å². The first-order chi connectivity index (χ1) is 13.2. The Kier molecular flexibility index (Phi) is 5.59. The Morgan fingerprint density at radius 1 is 1.46 bits per heavy atom. The minimum Gasteiger partial charge on any atom is -0.486 e. The molecule has 28 heavy (non-hydrogen) atoms. The highest BCUT2D eigenvalue weighted by molar-refractivity contribution is 7.89. The summed E-state index contributed by atoms with van der Waals surface area (Å²) in [6, 6.07) is 8.10. The second-order valence-electron chi connectivity index (χ2n) is 6.43. The molecule has 2 heterocycles. The van der Waals surface area contributed by atoms with Crippen LogP contribution in [0.4, 0.5) is 4.39 Å². The van der Waals surface area contributed by atoms with Crippen molar-refractivity contribution in [3.8, 4) is 11.8 Å². The van der Waals surface area contributed by atoms with Gasteiger partial charge in [-0.15, -0.1) is 0 Å². The van der Waals surface area contributed by atoms with Gasteiger partial charge < -0.3 is 9.84 Å². The van der Waals surface area contributed by atoms with Gasteiger partial charge in [-0.2, -0.15) is 9.57 Å². The predicted octanol–water partition coefficient (Wildman–Crippen LogP) is 2.34. The molecule has 10 heteroatoms. The third-order valence-corrected chi connectivity index (χ3v) is 6.63. The molecule has 0 aliphatic carbocycles. The third kappa shape index (κ3) is 3.82. The number of hydrogen-bond donors (Lipinski definition) is 1. The standard InChI is InChI=1S/C18H17ClFN3O4S/c1-2-18(24)11-23(28(25,26)17-6-4-13(19)9-22-17)10-16(18)27-14-5-3-12(8-21)15(20)7-14/h3-7,9,16,24H,2,10-11H2,1H3/t16-,18-/m0/s1. The van der Waals surface area contributed by atoms with Crippen LogP contribution >= 0.6 is 11.6 Å². The van der Waals surface area contributed by atoms with Crippen LogP contribution < -0.4 is 4.74 Å². The van der Waals surface area contributed by atoms with E-state index >= 15 is 0 Å². The van der Waals surface area contributed by atoms with Crippen LogP contribution in [0, 0.1) is 17.1 Å². The van der Waals surface area contributed by atoms with Gasteiger partial charge in [0.15, 0.2) is 5.03 Å². The topological polar surface area (TPSA) is 104 Å². The van der Waals surface area contributed by atoms with Gasteiger partial charge in [-0.25, -0.2) is 17.8 Å². The van der Waals surface area contributed by atoms with Gasteiger partial charge in [-0.3, -0.25) is 0 Å². The van der Waals surface area contributed by atoms with Crippen molar-refractivity contribution in [1.29, 1.82) is 5.26 Å². The lowest BCUT2D eigenvalue weighted by molar-refractivity contribution is -0.0302. The number of aromatic nitrogens is 1. The van der Waals surface area contributed by atoms with Crippen LogP contribution in [0.2, 0.25) is 5.02 Å². The van der Waals surface area contributed by atoms with E-state index in [0.717, 1.165) is 10.4 Å². The Bertz CT molecular complexity index is 1030. The summed E-state index contributed by atoms with van der Waals surface area (Å²) in [6.45, 7) is 1.37. The SMILES string of the molecule is CC[C@]1(O)CN(S(=O)(=O)c2ccc(Cl)cn2)C[C@@H]1Oc1ccc(C#N)c(F)c1. The molecule has 0 radical (unpaired) electrons. The predicted molar refractivity (Wildman–Crippen MR) is 98.8 cm³/mol. The molecule has 7 nitrogen and oxygen atoms in total. The van der Waals surface area contributed by atoms with Crippen molar-refractivity contribution < 1.29 is 22.7 Å². The number of aliphatic hydroxyl groups is 1. The largest absolute Gasteiger partial charge is 0.486 e. The van der Waals surface area contributed by atoms with Gasteiger partial charge in [0.25, 0.3) is 10.0 Å². The van der Waals surface area contributed by atoms with Crippen LogP contribution in [0.15, 0.2) is 41.6 Å². The van der Waals surface area contributed by atoms with E-state index < -0.39 is 27.5 Å². The van der Waals surface area contributed by atoms with Gasteiger partial charge in [0, 0.05) is 18.8 Å². The molecular weight excluding hydrogens is 409 g/mol. The van der Waals surface area contributed by atoms with Crippen molar-refractivity contribution in [2.75, 3.05) is 13.1 Å². The molecule has 2 atom stereocenters. The van der Waals surface area contributed by atoms with E-state index in [9.17, 15) is 17.9 Å². The zero-order valence-corrected chi connectivity index (χ0v) is 16.4. The van der Waals surface area contributed by atoms with Gasteiger partial charge >= 0.3 is 0 Å². The van der Waals surface area contributed by atoms with Crippen molar-refractivity contribution in [2.45, 2.75) is 30.1 Å². The minimum absolute atomic E-state index is 0.0947. The molecule has 1 aliphatic rings. The molecule has 0 saturated carbocycles.